The fourth-order valence-corrected chi connectivity index (χ4v) is 4.30. The molecule has 0 fully saturated rings. The van der Waals surface area contributed by atoms with Crippen molar-refractivity contribution in [3.8, 4) is 0 Å². The van der Waals surface area contributed by atoms with E-state index in [1.165, 1.54) is 23.1 Å². The van der Waals surface area contributed by atoms with Crippen LogP contribution >= 0.6 is 11.6 Å². The number of hydrogen-bond donors (Lipinski definition) is 1. The number of anilines is 2. The highest BCUT2D eigenvalue weighted by atomic mass is 35.5. The molecule has 0 saturated heterocycles. The first-order chi connectivity index (χ1) is 13.3. The van der Waals surface area contributed by atoms with Crippen LogP contribution in [0.25, 0.3) is 0 Å². The summed E-state index contributed by atoms with van der Waals surface area (Å²) in [6.45, 7) is 1.86. The van der Waals surface area contributed by atoms with E-state index in [4.69, 9.17) is 11.6 Å². The molecule has 0 aliphatic carbocycles. The largest absolute Gasteiger partial charge is 0.311 e. The van der Waals surface area contributed by atoms with Crippen LogP contribution in [0.2, 0.25) is 5.02 Å². The molecule has 144 valence electrons. The molecule has 0 radical (unpaired) electrons. The molecular weight excluding hydrogens is 396 g/mol. The summed E-state index contributed by atoms with van der Waals surface area (Å²) in [4.78, 5) is 14.1. The Bertz CT molecular complexity index is 1120. The van der Waals surface area contributed by atoms with E-state index in [0.29, 0.717) is 11.4 Å². The quantitative estimate of drug-likeness (QED) is 0.656. The van der Waals surface area contributed by atoms with Gasteiger partial charge < -0.3 is 4.90 Å². The van der Waals surface area contributed by atoms with Gasteiger partial charge in [0.05, 0.1) is 5.02 Å². The zero-order valence-electron chi connectivity index (χ0n) is 15.4. The van der Waals surface area contributed by atoms with Crippen molar-refractivity contribution in [2.75, 3.05) is 16.7 Å². The highest BCUT2D eigenvalue weighted by Crippen LogP contribution is 2.26. The summed E-state index contributed by atoms with van der Waals surface area (Å²) < 4.78 is 28.2. The number of carbonyl (C=O) groups is 1. The maximum absolute atomic E-state index is 12.8. The third kappa shape index (κ3) is 4.35. The van der Waals surface area contributed by atoms with Crippen LogP contribution in [0.3, 0.4) is 0 Å². The Hall–Kier alpha value is -2.83. The van der Waals surface area contributed by atoms with Crippen LogP contribution in [0.1, 0.15) is 15.9 Å². The van der Waals surface area contributed by atoms with Gasteiger partial charge in [-0.15, -0.1) is 0 Å². The van der Waals surface area contributed by atoms with E-state index in [9.17, 15) is 13.2 Å². The smallest absolute Gasteiger partial charge is 0.263 e. The lowest BCUT2D eigenvalue weighted by Gasteiger charge is -2.18. The number of rotatable bonds is 5. The van der Waals surface area contributed by atoms with Crippen LogP contribution in [-0.4, -0.2) is 21.4 Å². The Labute approximate surface area is 169 Å². The van der Waals surface area contributed by atoms with Crippen molar-refractivity contribution in [2.45, 2.75) is 11.8 Å². The van der Waals surface area contributed by atoms with Gasteiger partial charge in [-0.05, 0) is 55.0 Å². The van der Waals surface area contributed by atoms with Gasteiger partial charge in [0.1, 0.15) is 4.90 Å². The molecule has 0 spiro atoms. The first-order valence-electron chi connectivity index (χ1n) is 8.50. The number of nitrogens with one attached hydrogen (secondary N) is 1. The summed E-state index contributed by atoms with van der Waals surface area (Å²) in [5.74, 6) is -0.338. The van der Waals surface area contributed by atoms with Crippen LogP contribution in [0.15, 0.2) is 77.7 Å². The normalized spacial score (nSPS) is 11.1. The first kappa shape index (κ1) is 19.9. The molecule has 0 saturated carbocycles. The van der Waals surface area contributed by atoms with Crippen LogP contribution in [0.5, 0.6) is 0 Å². The molecule has 7 heteroatoms. The minimum Gasteiger partial charge on any atom is -0.311 e. The van der Waals surface area contributed by atoms with Crippen LogP contribution in [0, 0.1) is 6.92 Å². The molecule has 0 atom stereocenters. The molecule has 0 aliphatic rings. The van der Waals surface area contributed by atoms with Crippen LogP contribution < -0.4 is 9.62 Å². The minimum atomic E-state index is -3.96. The zero-order chi connectivity index (χ0) is 20.3. The molecule has 5 nitrogen and oxygen atoms in total. The van der Waals surface area contributed by atoms with Crippen molar-refractivity contribution < 1.29 is 13.2 Å². The summed E-state index contributed by atoms with van der Waals surface area (Å²) >= 11 is 6.14. The van der Waals surface area contributed by atoms with Crippen molar-refractivity contribution in [1.29, 1.82) is 0 Å². The molecule has 3 rings (SSSR count). The van der Waals surface area contributed by atoms with Gasteiger partial charge in [0.2, 0.25) is 0 Å². The molecule has 0 heterocycles. The van der Waals surface area contributed by atoms with Crippen molar-refractivity contribution in [3.05, 3.63) is 88.9 Å². The second-order valence-corrected chi connectivity index (χ2v) is 8.38. The maximum Gasteiger partial charge on any atom is 0.263 e. The third-order valence-electron chi connectivity index (χ3n) is 4.19. The molecule has 0 bridgehead atoms. The van der Waals surface area contributed by atoms with Crippen molar-refractivity contribution >= 4 is 38.9 Å². The van der Waals surface area contributed by atoms with Gasteiger partial charge in [-0.3, -0.25) is 9.52 Å². The highest BCUT2D eigenvalue weighted by molar-refractivity contribution is 7.92. The monoisotopic (exact) mass is 414 g/mol. The Morgan fingerprint density at radius 3 is 2.36 bits per heavy atom. The van der Waals surface area contributed by atoms with Gasteiger partial charge in [0.15, 0.2) is 0 Å². The van der Waals surface area contributed by atoms with Crippen molar-refractivity contribution in [3.63, 3.8) is 0 Å². The Morgan fingerprint density at radius 2 is 1.68 bits per heavy atom. The van der Waals surface area contributed by atoms with E-state index in [1.807, 2.05) is 31.2 Å². The molecule has 0 aromatic heterocycles. The predicted octanol–water partition coefficient (Wildman–Crippen LogP) is 4.73. The van der Waals surface area contributed by atoms with Gasteiger partial charge >= 0.3 is 0 Å². The summed E-state index contributed by atoms with van der Waals surface area (Å²) in [6.07, 6.45) is 0. The standard InChI is InChI=1S/C21H19ClN2O3S/c1-15-7-6-8-17(13-15)23-28(26,27)20-14-16(11-12-19(20)22)21(25)24(2)18-9-4-3-5-10-18/h3-14,23H,1-2H3. The topological polar surface area (TPSA) is 66.5 Å². The molecule has 1 amide bonds. The first-order valence-corrected chi connectivity index (χ1v) is 10.4. The summed E-state index contributed by atoms with van der Waals surface area (Å²) in [6, 6.07) is 20.3. The summed E-state index contributed by atoms with van der Waals surface area (Å²) in [7, 11) is -2.33. The number of nitrogens with zero attached hydrogens (tertiary/aromatic N) is 1. The van der Waals surface area contributed by atoms with E-state index in [0.717, 1.165) is 5.56 Å². The second kappa shape index (κ2) is 8.04. The molecule has 28 heavy (non-hydrogen) atoms. The number of aryl methyl sites for hydroxylation is 1. The van der Waals surface area contributed by atoms with Crippen molar-refractivity contribution in [2.24, 2.45) is 0 Å². The van der Waals surface area contributed by atoms with Gasteiger partial charge in [-0.1, -0.05) is 41.9 Å². The SMILES string of the molecule is Cc1cccc(NS(=O)(=O)c2cc(C(=O)N(C)c3ccccc3)ccc2Cl)c1. The number of sulfonamides is 1. The predicted molar refractivity (Wildman–Crippen MR) is 113 cm³/mol. The van der Waals surface area contributed by atoms with Gasteiger partial charge in [-0.25, -0.2) is 8.42 Å². The Morgan fingerprint density at radius 1 is 0.964 bits per heavy atom. The number of benzene rings is 3. The molecule has 0 aliphatic heterocycles. The van der Waals surface area contributed by atoms with Gasteiger partial charge in [0.25, 0.3) is 15.9 Å². The van der Waals surface area contributed by atoms with Crippen LogP contribution in [-0.2, 0) is 10.0 Å². The summed E-state index contributed by atoms with van der Waals surface area (Å²) in [5, 5.41) is 0.0408. The van der Waals surface area contributed by atoms with Gasteiger partial charge in [0, 0.05) is 24.0 Å². The molecule has 3 aromatic carbocycles. The Balaban J connectivity index is 1.93. The number of amides is 1. The zero-order valence-corrected chi connectivity index (χ0v) is 17.0. The highest BCUT2D eigenvalue weighted by Gasteiger charge is 2.22. The molecule has 3 aromatic rings. The fourth-order valence-electron chi connectivity index (χ4n) is 2.72. The minimum absolute atomic E-state index is 0.0408. The number of carbonyl (C=O) groups excluding carboxylic acids is 1. The maximum atomic E-state index is 12.8. The van der Waals surface area contributed by atoms with E-state index < -0.39 is 10.0 Å². The lowest BCUT2D eigenvalue weighted by Crippen LogP contribution is -2.26. The number of hydrogen-bond acceptors (Lipinski definition) is 3. The van der Waals surface area contributed by atoms with Gasteiger partial charge in [-0.2, -0.15) is 0 Å². The van der Waals surface area contributed by atoms with E-state index >= 15 is 0 Å². The van der Waals surface area contributed by atoms with E-state index in [1.54, 1.807) is 37.4 Å². The van der Waals surface area contributed by atoms with Crippen LogP contribution in [0.4, 0.5) is 11.4 Å². The number of halogens is 1. The average molecular weight is 415 g/mol. The average Bonchev–Trinajstić information content (AvgIpc) is 2.67. The van der Waals surface area contributed by atoms with Crippen molar-refractivity contribution in [1.82, 2.24) is 0 Å². The Kier molecular flexibility index (Phi) is 5.72. The number of para-hydroxylation sites is 1. The van der Waals surface area contributed by atoms with E-state index in [2.05, 4.69) is 4.72 Å². The lowest BCUT2D eigenvalue weighted by atomic mass is 10.2. The molecular formula is C21H19ClN2O3S. The fraction of sp³-hybridized carbons (Fsp3) is 0.0952. The summed E-state index contributed by atoms with van der Waals surface area (Å²) in [5.41, 5.74) is 2.26. The lowest BCUT2D eigenvalue weighted by molar-refractivity contribution is 0.0993. The molecule has 0 unspecified atom stereocenters. The third-order valence-corrected chi connectivity index (χ3v) is 6.05. The molecule has 1 N–H and O–H groups in total. The second-order valence-electron chi connectivity index (χ2n) is 6.32. The van der Waals surface area contributed by atoms with E-state index in [-0.39, 0.29) is 21.4 Å².